The number of rotatable bonds is 6. The zero-order valence-corrected chi connectivity index (χ0v) is 20.6. The quantitative estimate of drug-likeness (QED) is 0.284. The Kier molecular flexibility index (Phi) is 5.69. The van der Waals surface area contributed by atoms with Crippen molar-refractivity contribution in [1.82, 2.24) is 19.8 Å². The molecule has 9 heteroatoms. The van der Waals surface area contributed by atoms with Crippen molar-refractivity contribution >= 4 is 34.3 Å². The lowest BCUT2D eigenvalue weighted by Crippen LogP contribution is -2.28. The summed E-state index contributed by atoms with van der Waals surface area (Å²) in [6.45, 7) is 2.04. The molecule has 0 spiro atoms. The van der Waals surface area contributed by atoms with Crippen LogP contribution in [0.5, 0.6) is 0 Å². The average molecular weight is 498 g/mol. The monoisotopic (exact) mass is 497 g/mol. The molecule has 0 bridgehead atoms. The fraction of sp³-hybridized carbons (Fsp3) is 0.185. The maximum absolute atomic E-state index is 13.4. The third-order valence-corrected chi connectivity index (χ3v) is 7.30. The molecule has 0 N–H and O–H groups in total. The molecule has 0 saturated carbocycles. The SMILES string of the molecule is Cc1ccccc1-c1nnc(SCC(=O)N2N=C(c3cc4ccccc4o3)CC2c2ccco2)n1C. The summed E-state index contributed by atoms with van der Waals surface area (Å²) in [5, 5.41) is 16.5. The highest BCUT2D eigenvalue weighted by Gasteiger charge is 2.36. The normalized spacial score (nSPS) is 15.6. The Labute approximate surface area is 211 Å². The average Bonchev–Trinajstić information content (AvgIpc) is 3.68. The van der Waals surface area contributed by atoms with Gasteiger partial charge in [0.05, 0.1) is 12.0 Å². The number of para-hydroxylation sites is 1. The molecular formula is C27H23N5O3S. The molecule has 0 aliphatic carbocycles. The van der Waals surface area contributed by atoms with Gasteiger partial charge in [0.2, 0.25) is 0 Å². The van der Waals surface area contributed by atoms with Crippen LogP contribution in [0.15, 0.2) is 92.1 Å². The van der Waals surface area contributed by atoms with Gasteiger partial charge in [0.15, 0.2) is 16.7 Å². The first kappa shape index (κ1) is 22.4. The second kappa shape index (κ2) is 9.16. The predicted octanol–water partition coefficient (Wildman–Crippen LogP) is 5.60. The molecule has 180 valence electrons. The van der Waals surface area contributed by atoms with Crippen LogP contribution < -0.4 is 0 Å². The minimum Gasteiger partial charge on any atom is -0.467 e. The fourth-order valence-corrected chi connectivity index (χ4v) is 5.17. The number of nitrogens with zero attached hydrogens (tertiary/aromatic N) is 5. The molecule has 1 amide bonds. The molecule has 1 aliphatic heterocycles. The molecule has 1 aliphatic rings. The number of carbonyl (C=O) groups is 1. The van der Waals surface area contributed by atoms with E-state index in [2.05, 4.69) is 15.3 Å². The molecular weight excluding hydrogens is 474 g/mol. The maximum Gasteiger partial charge on any atom is 0.253 e. The van der Waals surface area contributed by atoms with E-state index in [4.69, 9.17) is 8.83 Å². The van der Waals surface area contributed by atoms with Gasteiger partial charge in [-0.15, -0.1) is 10.2 Å². The molecule has 0 radical (unpaired) electrons. The first-order valence-corrected chi connectivity index (χ1v) is 12.6. The Balaban J connectivity index is 1.24. The van der Waals surface area contributed by atoms with Crippen molar-refractivity contribution in [1.29, 1.82) is 0 Å². The number of hydrogen-bond donors (Lipinski definition) is 0. The van der Waals surface area contributed by atoms with Gasteiger partial charge < -0.3 is 13.4 Å². The van der Waals surface area contributed by atoms with Crippen molar-refractivity contribution in [3.63, 3.8) is 0 Å². The van der Waals surface area contributed by atoms with E-state index in [0.717, 1.165) is 27.9 Å². The first-order valence-electron chi connectivity index (χ1n) is 11.6. The van der Waals surface area contributed by atoms with E-state index < -0.39 is 0 Å². The second-order valence-corrected chi connectivity index (χ2v) is 9.58. The van der Waals surface area contributed by atoms with Crippen LogP contribution in [0.3, 0.4) is 0 Å². The lowest BCUT2D eigenvalue weighted by Gasteiger charge is -2.19. The van der Waals surface area contributed by atoms with Gasteiger partial charge in [0, 0.05) is 24.4 Å². The van der Waals surface area contributed by atoms with E-state index in [1.807, 2.05) is 85.3 Å². The summed E-state index contributed by atoms with van der Waals surface area (Å²) in [5.41, 5.74) is 3.64. The molecule has 6 rings (SSSR count). The van der Waals surface area contributed by atoms with E-state index in [9.17, 15) is 4.79 Å². The number of hydrazone groups is 1. The predicted molar refractivity (Wildman–Crippen MR) is 138 cm³/mol. The number of furan rings is 2. The molecule has 1 atom stereocenters. The Bertz CT molecular complexity index is 1550. The van der Waals surface area contributed by atoms with Crippen molar-refractivity contribution in [2.45, 2.75) is 24.5 Å². The molecule has 8 nitrogen and oxygen atoms in total. The van der Waals surface area contributed by atoms with Crippen LogP contribution in [0.2, 0.25) is 0 Å². The Hall–Kier alpha value is -4.11. The van der Waals surface area contributed by atoms with Crippen LogP contribution in [-0.4, -0.2) is 37.1 Å². The van der Waals surface area contributed by atoms with Gasteiger partial charge in [-0.1, -0.05) is 54.2 Å². The van der Waals surface area contributed by atoms with Gasteiger partial charge in [-0.05, 0) is 36.8 Å². The number of fused-ring (bicyclic) bond motifs is 1. The number of aryl methyl sites for hydroxylation is 1. The molecule has 0 fully saturated rings. The summed E-state index contributed by atoms with van der Waals surface area (Å²) < 4.78 is 13.6. The summed E-state index contributed by atoms with van der Waals surface area (Å²) in [6, 6.07) is 21.2. The van der Waals surface area contributed by atoms with Crippen molar-refractivity contribution in [2.75, 3.05) is 5.75 Å². The smallest absolute Gasteiger partial charge is 0.253 e. The third kappa shape index (κ3) is 4.01. The van der Waals surface area contributed by atoms with Crippen molar-refractivity contribution in [3.8, 4) is 11.4 Å². The third-order valence-electron chi connectivity index (χ3n) is 6.29. The van der Waals surface area contributed by atoms with Crippen LogP contribution >= 0.6 is 11.8 Å². The van der Waals surface area contributed by atoms with Gasteiger partial charge in [-0.25, -0.2) is 5.01 Å². The van der Waals surface area contributed by atoms with Crippen molar-refractivity contribution < 1.29 is 13.6 Å². The molecule has 36 heavy (non-hydrogen) atoms. The summed E-state index contributed by atoms with van der Waals surface area (Å²) in [5.74, 6) is 2.12. The minimum absolute atomic E-state index is 0.145. The maximum atomic E-state index is 13.4. The fourth-order valence-electron chi connectivity index (χ4n) is 4.41. The molecule has 3 aromatic heterocycles. The Morgan fingerprint density at radius 1 is 1.08 bits per heavy atom. The van der Waals surface area contributed by atoms with E-state index in [0.29, 0.717) is 28.8 Å². The second-order valence-electron chi connectivity index (χ2n) is 8.64. The topological polar surface area (TPSA) is 89.7 Å². The van der Waals surface area contributed by atoms with Crippen molar-refractivity contribution in [3.05, 3.63) is 90.1 Å². The van der Waals surface area contributed by atoms with E-state index in [1.165, 1.54) is 16.8 Å². The standard InChI is InChI=1S/C27H23N5O3S/c1-17-8-3-5-10-19(17)26-28-29-27(31(26)2)36-16-25(33)32-21(23-12-7-13-34-23)15-20(30-32)24-14-18-9-4-6-11-22(18)35-24/h3-14,21H,15-16H2,1-2H3. The van der Waals surface area contributed by atoms with Gasteiger partial charge in [0.25, 0.3) is 5.91 Å². The Morgan fingerprint density at radius 3 is 2.72 bits per heavy atom. The lowest BCUT2D eigenvalue weighted by atomic mass is 10.1. The summed E-state index contributed by atoms with van der Waals surface area (Å²) in [7, 11) is 1.91. The Morgan fingerprint density at radius 2 is 1.92 bits per heavy atom. The summed E-state index contributed by atoms with van der Waals surface area (Å²) >= 11 is 1.34. The van der Waals surface area contributed by atoms with E-state index in [-0.39, 0.29) is 17.7 Å². The number of thioether (sulfide) groups is 1. The number of amides is 1. The van der Waals surface area contributed by atoms with Gasteiger partial charge >= 0.3 is 0 Å². The molecule has 0 saturated heterocycles. The largest absolute Gasteiger partial charge is 0.467 e. The zero-order valence-electron chi connectivity index (χ0n) is 19.8. The van der Waals surface area contributed by atoms with Crippen LogP contribution in [0.4, 0.5) is 0 Å². The van der Waals surface area contributed by atoms with E-state index in [1.54, 1.807) is 6.26 Å². The van der Waals surface area contributed by atoms with Crippen LogP contribution in [0.1, 0.15) is 29.5 Å². The van der Waals surface area contributed by atoms with Gasteiger partial charge in [-0.3, -0.25) is 4.79 Å². The van der Waals surface area contributed by atoms with Crippen LogP contribution in [-0.2, 0) is 11.8 Å². The minimum atomic E-state index is -0.335. The van der Waals surface area contributed by atoms with Gasteiger partial charge in [0.1, 0.15) is 23.1 Å². The molecule has 2 aromatic carbocycles. The number of carbonyl (C=O) groups excluding carboxylic acids is 1. The summed E-state index contributed by atoms with van der Waals surface area (Å²) in [6.07, 6.45) is 2.11. The van der Waals surface area contributed by atoms with Crippen LogP contribution in [0, 0.1) is 6.92 Å². The highest BCUT2D eigenvalue weighted by molar-refractivity contribution is 7.99. The van der Waals surface area contributed by atoms with Gasteiger partial charge in [-0.2, -0.15) is 5.10 Å². The molecule has 4 heterocycles. The highest BCUT2D eigenvalue weighted by atomic mass is 32.2. The summed E-state index contributed by atoms with van der Waals surface area (Å²) in [4.78, 5) is 13.4. The zero-order chi connectivity index (χ0) is 24.6. The molecule has 5 aromatic rings. The number of aromatic nitrogens is 3. The first-order chi connectivity index (χ1) is 17.6. The highest BCUT2D eigenvalue weighted by Crippen LogP contribution is 2.35. The number of hydrogen-bond acceptors (Lipinski definition) is 7. The lowest BCUT2D eigenvalue weighted by molar-refractivity contribution is -0.130. The van der Waals surface area contributed by atoms with E-state index >= 15 is 0 Å². The van der Waals surface area contributed by atoms with Crippen LogP contribution in [0.25, 0.3) is 22.4 Å². The van der Waals surface area contributed by atoms with Crippen molar-refractivity contribution in [2.24, 2.45) is 12.1 Å². The molecule has 1 unspecified atom stereocenters. The number of benzene rings is 2.